The number of nitrogens with one attached hydrogen (secondary N) is 2. The molecule has 7 rings (SSSR count). The van der Waals surface area contributed by atoms with Crippen molar-refractivity contribution in [2.45, 2.75) is 11.7 Å². The summed E-state index contributed by atoms with van der Waals surface area (Å²) in [5.74, 6) is 0.650. The fourth-order valence-corrected chi connectivity index (χ4v) is 6.18. The third kappa shape index (κ3) is 5.63. The lowest BCUT2D eigenvalue weighted by atomic mass is 9.97. The van der Waals surface area contributed by atoms with Crippen LogP contribution >= 0.6 is 11.8 Å². The maximum atomic E-state index is 12.9. The Kier molecular flexibility index (Phi) is 7.72. The van der Waals surface area contributed by atoms with Crippen molar-refractivity contribution in [3.8, 4) is 5.69 Å². The van der Waals surface area contributed by atoms with E-state index in [1.807, 2.05) is 77.4 Å². The number of hydrazone groups is 1. The van der Waals surface area contributed by atoms with E-state index in [2.05, 4.69) is 80.6 Å². The normalized spacial score (nSPS) is 11.5. The van der Waals surface area contributed by atoms with Gasteiger partial charge in [0.25, 0.3) is 5.91 Å². The molecule has 2 N–H and O–H groups in total. The van der Waals surface area contributed by atoms with Crippen molar-refractivity contribution >= 4 is 61.9 Å². The van der Waals surface area contributed by atoms with E-state index in [-0.39, 0.29) is 11.7 Å². The minimum Gasteiger partial charge on any atom is -0.377 e. The fraction of sp³-hybridized carbons (Fsp3) is 0.0556. The third-order valence-corrected chi connectivity index (χ3v) is 8.40. The van der Waals surface area contributed by atoms with Crippen molar-refractivity contribution in [2.24, 2.45) is 5.10 Å². The van der Waals surface area contributed by atoms with Gasteiger partial charge < -0.3 is 5.32 Å². The molecule has 7 aromatic rings. The van der Waals surface area contributed by atoms with Crippen LogP contribution in [-0.2, 0) is 11.3 Å². The van der Waals surface area contributed by atoms with E-state index in [4.69, 9.17) is 0 Å². The first-order chi connectivity index (χ1) is 21.7. The molecule has 0 unspecified atom stereocenters. The highest BCUT2D eigenvalue weighted by molar-refractivity contribution is 7.99. The monoisotopic (exact) mass is 592 g/mol. The zero-order chi connectivity index (χ0) is 29.7. The van der Waals surface area contributed by atoms with Gasteiger partial charge in [-0.15, -0.1) is 10.2 Å². The standard InChI is InChI=1S/C36H28N6OS/c43-35(40-38-22-32-29-17-7-5-12-26(29)21-27-13-6-8-18-30(27)32)24-44-36-41-39-34(42(36)28-15-2-1-3-16-28)23-37-33-20-10-14-25-11-4-9-19-31(25)33/h1-22,37H,23-24H2,(H,40,43)/b38-22-. The molecule has 0 bridgehead atoms. The molecule has 0 saturated carbocycles. The van der Waals surface area contributed by atoms with Gasteiger partial charge in [0, 0.05) is 22.3 Å². The summed E-state index contributed by atoms with van der Waals surface area (Å²) in [7, 11) is 0. The number of aromatic nitrogens is 3. The summed E-state index contributed by atoms with van der Waals surface area (Å²) in [6.45, 7) is 0.464. The summed E-state index contributed by atoms with van der Waals surface area (Å²) in [5, 5.41) is 24.2. The molecule has 0 aliphatic heterocycles. The van der Waals surface area contributed by atoms with Gasteiger partial charge in [-0.2, -0.15) is 5.10 Å². The van der Waals surface area contributed by atoms with E-state index in [9.17, 15) is 4.79 Å². The van der Waals surface area contributed by atoms with Crippen molar-refractivity contribution in [3.63, 3.8) is 0 Å². The highest BCUT2D eigenvalue weighted by atomic mass is 32.2. The maximum Gasteiger partial charge on any atom is 0.250 e. The van der Waals surface area contributed by atoms with Gasteiger partial charge in [0.2, 0.25) is 0 Å². The lowest BCUT2D eigenvalue weighted by Crippen LogP contribution is -2.20. The number of anilines is 1. The average Bonchev–Trinajstić information content (AvgIpc) is 3.49. The van der Waals surface area contributed by atoms with Crippen LogP contribution in [0.5, 0.6) is 0 Å². The van der Waals surface area contributed by atoms with E-state index in [0.717, 1.165) is 49.7 Å². The Hall–Kier alpha value is -5.47. The lowest BCUT2D eigenvalue weighted by molar-refractivity contribution is -0.118. The SMILES string of the molecule is O=C(CSc1nnc(CNc2cccc3ccccc23)n1-c1ccccc1)N/N=C\c1c2ccccc2cc2ccccc12. The second-order valence-electron chi connectivity index (χ2n) is 10.3. The molecule has 0 aliphatic rings. The zero-order valence-electron chi connectivity index (χ0n) is 23.7. The zero-order valence-corrected chi connectivity index (χ0v) is 24.5. The van der Waals surface area contributed by atoms with E-state index < -0.39 is 0 Å². The van der Waals surface area contributed by atoms with E-state index in [1.54, 1.807) is 6.21 Å². The second kappa shape index (κ2) is 12.4. The Morgan fingerprint density at radius 1 is 0.727 bits per heavy atom. The Morgan fingerprint density at radius 2 is 1.36 bits per heavy atom. The van der Waals surface area contributed by atoms with Crippen molar-refractivity contribution < 1.29 is 4.79 Å². The van der Waals surface area contributed by atoms with Gasteiger partial charge in [0.15, 0.2) is 11.0 Å². The topological polar surface area (TPSA) is 84.2 Å². The number of nitrogens with zero attached hydrogens (tertiary/aromatic N) is 4. The number of para-hydroxylation sites is 1. The number of carbonyl (C=O) groups excluding carboxylic acids is 1. The highest BCUT2D eigenvalue weighted by Crippen LogP contribution is 2.28. The van der Waals surface area contributed by atoms with E-state index in [0.29, 0.717) is 11.7 Å². The molecule has 0 saturated heterocycles. The van der Waals surface area contributed by atoms with Crippen LogP contribution in [-0.4, -0.2) is 32.6 Å². The van der Waals surface area contributed by atoms with Crippen molar-refractivity contribution in [3.05, 3.63) is 139 Å². The van der Waals surface area contributed by atoms with Crippen molar-refractivity contribution in [1.82, 2.24) is 20.2 Å². The Balaban J connectivity index is 1.08. The third-order valence-electron chi connectivity index (χ3n) is 7.47. The van der Waals surface area contributed by atoms with Crippen LogP contribution in [0.3, 0.4) is 0 Å². The van der Waals surface area contributed by atoms with Crippen LogP contribution in [0.4, 0.5) is 5.69 Å². The fourth-order valence-electron chi connectivity index (χ4n) is 5.42. The molecule has 0 aliphatic carbocycles. The molecule has 6 aromatic carbocycles. The van der Waals surface area contributed by atoms with E-state index >= 15 is 0 Å². The molecule has 1 aromatic heterocycles. The summed E-state index contributed by atoms with van der Waals surface area (Å²) in [6.07, 6.45) is 1.73. The van der Waals surface area contributed by atoms with Crippen LogP contribution in [0.15, 0.2) is 138 Å². The number of hydrogen-bond donors (Lipinski definition) is 2. The summed E-state index contributed by atoms with van der Waals surface area (Å²) >= 11 is 1.32. The number of amides is 1. The number of rotatable bonds is 9. The number of fused-ring (bicyclic) bond motifs is 3. The molecule has 1 heterocycles. The first-order valence-electron chi connectivity index (χ1n) is 14.3. The molecule has 0 atom stereocenters. The first kappa shape index (κ1) is 27.4. The lowest BCUT2D eigenvalue weighted by Gasteiger charge is -2.12. The molecule has 214 valence electrons. The molecular formula is C36H28N6OS. The first-order valence-corrected chi connectivity index (χ1v) is 15.3. The van der Waals surface area contributed by atoms with Gasteiger partial charge >= 0.3 is 0 Å². The van der Waals surface area contributed by atoms with Gasteiger partial charge in [-0.3, -0.25) is 9.36 Å². The van der Waals surface area contributed by atoms with Gasteiger partial charge in [0.1, 0.15) is 0 Å². The largest absolute Gasteiger partial charge is 0.377 e. The Morgan fingerprint density at radius 3 is 2.11 bits per heavy atom. The summed E-state index contributed by atoms with van der Waals surface area (Å²) in [4.78, 5) is 12.9. The molecule has 7 nitrogen and oxygen atoms in total. The molecular weight excluding hydrogens is 565 g/mol. The highest BCUT2D eigenvalue weighted by Gasteiger charge is 2.16. The molecule has 0 radical (unpaired) electrons. The summed E-state index contributed by atoms with van der Waals surface area (Å²) in [6, 6.07) is 43.0. The predicted octanol–water partition coefficient (Wildman–Crippen LogP) is 7.58. The minimum absolute atomic E-state index is 0.134. The van der Waals surface area contributed by atoms with Gasteiger partial charge in [0.05, 0.1) is 18.5 Å². The molecule has 0 fully saturated rings. The van der Waals surface area contributed by atoms with Gasteiger partial charge in [-0.1, -0.05) is 115 Å². The van der Waals surface area contributed by atoms with Crippen molar-refractivity contribution in [2.75, 3.05) is 11.1 Å². The van der Waals surface area contributed by atoms with E-state index in [1.165, 1.54) is 17.1 Å². The number of benzene rings is 6. The van der Waals surface area contributed by atoms with Crippen LogP contribution in [0.25, 0.3) is 38.0 Å². The molecule has 8 heteroatoms. The maximum absolute atomic E-state index is 12.9. The smallest absolute Gasteiger partial charge is 0.250 e. The number of thioether (sulfide) groups is 1. The number of hydrogen-bond acceptors (Lipinski definition) is 6. The Bertz CT molecular complexity index is 2080. The molecule has 1 amide bonds. The van der Waals surface area contributed by atoms with Crippen LogP contribution in [0, 0.1) is 0 Å². The van der Waals surface area contributed by atoms with Crippen molar-refractivity contribution in [1.29, 1.82) is 0 Å². The Labute approximate surface area is 258 Å². The quantitative estimate of drug-likeness (QED) is 0.0781. The van der Waals surface area contributed by atoms with Gasteiger partial charge in [-0.05, 0) is 51.2 Å². The van der Waals surface area contributed by atoms with Crippen LogP contribution < -0.4 is 10.7 Å². The molecule has 0 spiro atoms. The number of carbonyl (C=O) groups is 1. The average molecular weight is 593 g/mol. The summed E-state index contributed by atoms with van der Waals surface area (Å²) < 4.78 is 1.99. The van der Waals surface area contributed by atoms with Gasteiger partial charge in [-0.25, -0.2) is 5.43 Å². The van der Waals surface area contributed by atoms with Crippen LogP contribution in [0.1, 0.15) is 11.4 Å². The predicted molar refractivity (Wildman–Crippen MR) is 181 cm³/mol. The summed E-state index contributed by atoms with van der Waals surface area (Å²) in [5.41, 5.74) is 5.62. The minimum atomic E-state index is -0.228. The molecule has 44 heavy (non-hydrogen) atoms. The second-order valence-corrected chi connectivity index (χ2v) is 11.2. The van der Waals surface area contributed by atoms with Crippen LogP contribution in [0.2, 0.25) is 0 Å².